The number of rotatable bonds is 5. The molecule has 1 aliphatic heterocycles. The molecule has 0 N–H and O–H groups in total. The number of aryl methyl sites for hydroxylation is 2. The standard InChI is InChI=1S/C26H29ClN6O2/c1-18-9-10-20(27)15-21(18)32-13-11-31(12-14-32)17-22-28-24-23(25(34)30(3)26(35)29(24)2)33(22)16-19-7-5-4-6-8-19/h4-10,15H,11-14,16-17H2,1-3H3. The third-order valence-electron chi connectivity index (χ3n) is 6.86. The van der Waals surface area contributed by atoms with Gasteiger partial charge in [0.15, 0.2) is 11.2 Å². The van der Waals surface area contributed by atoms with Crippen LogP contribution in [0.5, 0.6) is 0 Å². The van der Waals surface area contributed by atoms with Crippen molar-refractivity contribution in [1.29, 1.82) is 0 Å². The summed E-state index contributed by atoms with van der Waals surface area (Å²) < 4.78 is 4.59. The summed E-state index contributed by atoms with van der Waals surface area (Å²) in [5, 5.41) is 0.745. The van der Waals surface area contributed by atoms with Gasteiger partial charge in [-0.05, 0) is 30.2 Å². The van der Waals surface area contributed by atoms with E-state index in [1.54, 1.807) is 7.05 Å². The topological polar surface area (TPSA) is 68.3 Å². The summed E-state index contributed by atoms with van der Waals surface area (Å²) in [4.78, 5) is 35.2. The average Bonchev–Trinajstić information content (AvgIpc) is 3.22. The van der Waals surface area contributed by atoms with Gasteiger partial charge in [0.05, 0.1) is 6.54 Å². The lowest BCUT2D eigenvalue weighted by Gasteiger charge is -2.36. The lowest BCUT2D eigenvalue weighted by atomic mass is 10.1. The van der Waals surface area contributed by atoms with E-state index in [4.69, 9.17) is 16.6 Å². The molecule has 1 saturated heterocycles. The molecule has 2 aromatic heterocycles. The molecule has 9 heteroatoms. The predicted molar refractivity (Wildman–Crippen MR) is 139 cm³/mol. The number of anilines is 1. The maximum Gasteiger partial charge on any atom is 0.332 e. The van der Waals surface area contributed by atoms with Gasteiger partial charge in [0.2, 0.25) is 0 Å². The van der Waals surface area contributed by atoms with Gasteiger partial charge in [-0.2, -0.15) is 0 Å². The van der Waals surface area contributed by atoms with Crippen molar-refractivity contribution in [3.05, 3.63) is 91.3 Å². The normalized spacial score (nSPS) is 14.7. The zero-order chi connectivity index (χ0) is 24.7. The van der Waals surface area contributed by atoms with E-state index in [9.17, 15) is 9.59 Å². The summed E-state index contributed by atoms with van der Waals surface area (Å²) in [6.45, 7) is 6.69. The maximum absolute atomic E-state index is 13.1. The van der Waals surface area contributed by atoms with Crippen molar-refractivity contribution in [2.24, 2.45) is 14.1 Å². The zero-order valence-electron chi connectivity index (χ0n) is 20.2. The number of hydrogen-bond acceptors (Lipinski definition) is 5. The minimum absolute atomic E-state index is 0.320. The molecule has 5 rings (SSSR count). The van der Waals surface area contributed by atoms with Crippen molar-refractivity contribution in [3.8, 4) is 0 Å². The molecule has 4 aromatic rings. The van der Waals surface area contributed by atoms with Crippen molar-refractivity contribution >= 4 is 28.5 Å². The molecule has 0 aliphatic carbocycles. The van der Waals surface area contributed by atoms with Gasteiger partial charge in [-0.3, -0.25) is 18.8 Å². The minimum atomic E-state index is -0.371. The monoisotopic (exact) mass is 492 g/mol. The van der Waals surface area contributed by atoms with Crippen LogP contribution in [0.25, 0.3) is 11.2 Å². The number of halogens is 1. The van der Waals surface area contributed by atoms with Gasteiger partial charge in [-0.1, -0.05) is 48.0 Å². The quantitative estimate of drug-likeness (QED) is 0.428. The number of benzene rings is 2. The van der Waals surface area contributed by atoms with Crippen molar-refractivity contribution in [2.75, 3.05) is 31.1 Å². The Morgan fingerprint density at radius 1 is 0.914 bits per heavy atom. The van der Waals surface area contributed by atoms with Crippen LogP contribution in [0.3, 0.4) is 0 Å². The third-order valence-corrected chi connectivity index (χ3v) is 7.09. The first-order valence-corrected chi connectivity index (χ1v) is 12.1. The Morgan fingerprint density at radius 3 is 2.34 bits per heavy atom. The van der Waals surface area contributed by atoms with Crippen LogP contribution in [0.4, 0.5) is 5.69 Å². The molecule has 1 aliphatic rings. The molecule has 182 valence electrons. The number of fused-ring (bicyclic) bond motifs is 1. The molecule has 0 atom stereocenters. The molecule has 0 radical (unpaired) electrons. The van der Waals surface area contributed by atoms with E-state index in [-0.39, 0.29) is 11.2 Å². The Morgan fingerprint density at radius 2 is 1.63 bits per heavy atom. The van der Waals surface area contributed by atoms with Gasteiger partial charge >= 0.3 is 5.69 Å². The molecule has 3 heterocycles. The van der Waals surface area contributed by atoms with E-state index >= 15 is 0 Å². The molecule has 0 bridgehead atoms. The highest BCUT2D eigenvalue weighted by molar-refractivity contribution is 6.30. The number of imidazole rings is 1. The van der Waals surface area contributed by atoms with Gasteiger partial charge in [-0.15, -0.1) is 0 Å². The molecule has 0 spiro atoms. The van der Waals surface area contributed by atoms with E-state index < -0.39 is 0 Å². The van der Waals surface area contributed by atoms with Crippen LogP contribution in [-0.2, 0) is 27.2 Å². The molecule has 8 nitrogen and oxygen atoms in total. The second kappa shape index (κ2) is 9.36. The Labute approximate surface area is 208 Å². The first kappa shape index (κ1) is 23.4. The average molecular weight is 493 g/mol. The van der Waals surface area contributed by atoms with Crippen LogP contribution >= 0.6 is 11.6 Å². The van der Waals surface area contributed by atoms with E-state index in [0.29, 0.717) is 24.3 Å². The fourth-order valence-corrected chi connectivity index (χ4v) is 4.99. The number of aromatic nitrogens is 4. The predicted octanol–water partition coefficient (Wildman–Crippen LogP) is 2.77. The minimum Gasteiger partial charge on any atom is -0.369 e. The summed E-state index contributed by atoms with van der Waals surface area (Å²) in [5.41, 5.74) is 3.66. The van der Waals surface area contributed by atoms with Crippen molar-refractivity contribution < 1.29 is 0 Å². The SMILES string of the molecule is Cc1ccc(Cl)cc1N1CCN(Cc2nc3c(c(=O)n(C)c(=O)n3C)n2Cc2ccccc2)CC1. The molecule has 0 amide bonds. The van der Waals surface area contributed by atoms with E-state index in [1.165, 1.54) is 22.9 Å². The second-order valence-electron chi connectivity index (χ2n) is 9.17. The Bertz CT molecular complexity index is 1500. The fourth-order valence-electron chi connectivity index (χ4n) is 4.82. The summed E-state index contributed by atoms with van der Waals surface area (Å²) in [7, 11) is 3.18. The highest BCUT2D eigenvalue weighted by Crippen LogP contribution is 2.26. The van der Waals surface area contributed by atoms with Crippen molar-refractivity contribution in [1.82, 2.24) is 23.6 Å². The molecular weight excluding hydrogens is 464 g/mol. The second-order valence-corrected chi connectivity index (χ2v) is 9.61. The zero-order valence-corrected chi connectivity index (χ0v) is 21.0. The maximum atomic E-state index is 13.1. The van der Waals surface area contributed by atoms with Gasteiger partial charge in [0.1, 0.15) is 5.82 Å². The summed E-state index contributed by atoms with van der Waals surface area (Å²) in [6.07, 6.45) is 0. The summed E-state index contributed by atoms with van der Waals surface area (Å²) in [6, 6.07) is 16.0. The molecule has 35 heavy (non-hydrogen) atoms. The Kier molecular flexibility index (Phi) is 6.25. The molecule has 0 saturated carbocycles. The van der Waals surface area contributed by atoms with Crippen LogP contribution in [-0.4, -0.2) is 49.8 Å². The van der Waals surface area contributed by atoms with Crippen LogP contribution in [0.1, 0.15) is 17.0 Å². The van der Waals surface area contributed by atoms with E-state index in [0.717, 1.165) is 47.2 Å². The summed E-state index contributed by atoms with van der Waals surface area (Å²) >= 11 is 6.24. The van der Waals surface area contributed by atoms with Crippen LogP contribution in [0, 0.1) is 6.92 Å². The van der Waals surface area contributed by atoms with Gasteiger partial charge in [-0.25, -0.2) is 9.78 Å². The van der Waals surface area contributed by atoms with Crippen molar-refractivity contribution in [3.63, 3.8) is 0 Å². The summed E-state index contributed by atoms with van der Waals surface area (Å²) in [5.74, 6) is 0.787. The van der Waals surface area contributed by atoms with Gasteiger partial charge in [0.25, 0.3) is 5.56 Å². The number of nitrogens with zero attached hydrogens (tertiary/aromatic N) is 6. The van der Waals surface area contributed by atoms with E-state index in [1.807, 2.05) is 47.0 Å². The highest BCUT2D eigenvalue weighted by atomic mass is 35.5. The van der Waals surface area contributed by atoms with Crippen molar-refractivity contribution in [2.45, 2.75) is 20.0 Å². The number of hydrogen-bond donors (Lipinski definition) is 0. The molecule has 2 aromatic carbocycles. The van der Waals surface area contributed by atoms with E-state index in [2.05, 4.69) is 22.8 Å². The first-order valence-electron chi connectivity index (χ1n) is 11.8. The van der Waals surface area contributed by atoms with Gasteiger partial charge < -0.3 is 9.47 Å². The molecular formula is C26H29ClN6O2. The van der Waals surface area contributed by atoms with Crippen LogP contribution in [0.15, 0.2) is 58.1 Å². The van der Waals surface area contributed by atoms with Gasteiger partial charge in [0, 0.05) is 57.5 Å². The highest BCUT2D eigenvalue weighted by Gasteiger charge is 2.24. The smallest absolute Gasteiger partial charge is 0.332 e. The Hall–Kier alpha value is -3.36. The largest absolute Gasteiger partial charge is 0.369 e. The molecule has 1 fully saturated rings. The van der Waals surface area contributed by atoms with Crippen LogP contribution in [0.2, 0.25) is 5.02 Å². The lowest BCUT2D eigenvalue weighted by Crippen LogP contribution is -2.46. The lowest BCUT2D eigenvalue weighted by molar-refractivity contribution is 0.241. The molecule has 0 unspecified atom stereocenters. The fraction of sp³-hybridized carbons (Fsp3) is 0.346. The first-order chi connectivity index (χ1) is 16.8. The third kappa shape index (κ3) is 4.39. The Balaban J connectivity index is 1.46. The number of piperazine rings is 1. The van der Waals surface area contributed by atoms with Crippen LogP contribution < -0.4 is 16.1 Å².